The molecule has 0 saturated heterocycles. The molecule has 0 aliphatic heterocycles. The quantitative estimate of drug-likeness (QED) is 0.911. The highest BCUT2D eigenvalue weighted by Gasteiger charge is 2.44. The lowest BCUT2D eigenvalue weighted by Gasteiger charge is -2.16. The van der Waals surface area contributed by atoms with E-state index in [4.69, 9.17) is 0 Å². The van der Waals surface area contributed by atoms with Crippen LogP contribution in [0.15, 0.2) is 41.1 Å². The largest absolute Gasteiger partial charge is 0.351 e. The SMILES string of the molecule is O=C(NCC1(c2ccc(F)cc2)CC1)c1ccsc1. The number of halogens is 1. The maximum Gasteiger partial charge on any atom is 0.252 e. The van der Waals surface area contributed by atoms with Gasteiger partial charge in [-0.2, -0.15) is 11.3 Å². The van der Waals surface area contributed by atoms with Crippen molar-refractivity contribution in [2.24, 2.45) is 0 Å². The van der Waals surface area contributed by atoms with E-state index in [0.717, 1.165) is 18.4 Å². The van der Waals surface area contributed by atoms with E-state index < -0.39 is 0 Å². The molecular formula is C15H14FNOS. The molecule has 0 bridgehead atoms. The highest BCUT2D eigenvalue weighted by Crippen LogP contribution is 2.47. The average molecular weight is 275 g/mol. The third kappa shape index (κ3) is 2.54. The summed E-state index contributed by atoms with van der Waals surface area (Å²) < 4.78 is 12.9. The van der Waals surface area contributed by atoms with Crippen LogP contribution in [0, 0.1) is 5.82 Å². The van der Waals surface area contributed by atoms with Crippen LogP contribution in [0.25, 0.3) is 0 Å². The summed E-state index contributed by atoms with van der Waals surface area (Å²) in [5, 5.41) is 6.71. The van der Waals surface area contributed by atoms with Crippen LogP contribution in [-0.4, -0.2) is 12.5 Å². The Morgan fingerprint density at radius 2 is 2.00 bits per heavy atom. The van der Waals surface area contributed by atoms with Gasteiger partial charge in [0.15, 0.2) is 0 Å². The van der Waals surface area contributed by atoms with Gasteiger partial charge in [-0.25, -0.2) is 4.39 Å². The molecule has 0 spiro atoms. The van der Waals surface area contributed by atoms with Crippen molar-refractivity contribution in [2.75, 3.05) is 6.54 Å². The second-order valence-corrected chi connectivity index (χ2v) is 5.76. The molecule has 1 aliphatic rings. The van der Waals surface area contributed by atoms with Crippen molar-refractivity contribution in [2.45, 2.75) is 18.3 Å². The molecule has 1 N–H and O–H groups in total. The van der Waals surface area contributed by atoms with Crippen LogP contribution in [0.3, 0.4) is 0 Å². The van der Waals surface area contributed by atoms with Crippen molar-refractivity contribution in [3.05, 3.63) is 58.0 Å². The summed E-state index contributed by atoms with van der Waals surface area (Å²) in [5.74, 6) is -0.253. The zero-order valence-corrected chi connectivity index (χ0v) is 11.2. The number of nitrogens with one attached hydrogen (secondary N) is 1. The molecule has 2 aromatic rings. The number of benzene rings is 1. The molecule has 0 atom stereocenters. The van der Waals surface area contributed by atoms with Crippen LogP contribution in [0.4, 0.5) is 4.39 Å². The second kappa shape index (κ2) is 4.78. The predicted molar refractivity (Wildman–Crippen MR) is 74.0 cm³/mol. The van der Waals surface area contributed by atoms with Gasteiger partial charge >= 0.3 is 0 Å². The summed E-state index contributed by atoms with van der Waals surface area (Å²) in [6, 6.07) is 8.42. The lowest BCUT2D eigenvalue weighted by molar-refractivity contribution is 0.0950. The van der Waals surface area contributed by atoms with E-state index in [1.54, 1.807) is 0 Å². The fourth-order valence-electron chi connectivity index (χ4n) is 2.27. The van der Waals surface area contributed by atoms with E-state index in [0.29, 0.717) is 12.1 Å². The molecule has 1 amide bonds. The Kier molecular flexibility index (Phi) is 3.11. The van der Waals surface area contributed by atoms with E-state index in [2.05, 4.69) is 5.32 Å². The molecule has 0 unspecified atom stereocenters. The molecular weight excluding hydrogens is 261 g/mol. The molecule has 1 saturated carbocycles. The summed E-state index contributed by atoms with van der Waals surface area (Å²) in [6.07, 6.45) is 2.09. The minimum Gasteiger partial charge on any atom is -0.351 e. The Balaban J connectivity index is 1.66. The van der Waals surface area contributed by atoms with E-state index >= 15 is 0 Å². The van der Waals surface area contributed by atoms with Gasteiger partial charge in [-0.15, -0.1) is 0 Å². The maximum atomic E-state index is 12.9. The molecule has 19 heavy (non-hydrogen) atoms. The molecule has 4 heteroatoms. The third-order valence-electron chi connectivity index (χ3n) is 3.68. The highest BCUT2D eigenvalue weighted by atomic mass is 32.1. The summed E-state index contributed by atoms with van der Waals surface area (Å²) in [4.78, 5) is 11.9. The van der Waals surface area contributed by atoms with Crippen LogP contribution in [0.2, 0.25) is 0 Å². The van der Waals surface area contributed by atoms with E-state index in [9.17, 15) is 9.18 Å². The van der Waals surface area contributed by atoms with Crippen LogP contribution < -0.4 is 5.32 Å². The lowest BCUT2D eigenvalue weighted by atomic mass is 9.96. The molecule has 1 aromatic carbocycles. The Bertz CT molecular complexity index is 573. The number of rotatable bonds is 4. The molecule has 0 radical (unpaired) electrons. The summed E-state index contributed by atoms with van der Waals surface area (Å²) >= 11 is 1.51. The second-order valence-electron chi connectivity index (χ2n) is 4.98. The minimum absolute atomic E-state index is 0.0133. The van der Waals surface area contributed by atoms with Gasteiger partial charge in [-0.1, -0.05) is 12.1 Å². The van der Waals surface area contributed by atoms with Gasteiger partial charge in [0.05, 0.1) is 0 Å². The number of hydrogen-bond donors (Lipinski definition) is 1. The topological polar surface area (TPSA) is 29.1 Å². The molecule has 2 nitrogen and oxygen atoms in total. The lowest BCUT2D eigenvalue weighted by Crippen LogP contribution is -2.32. The van der Waals surface area contributed by atoms with Crippen LogP contribution in [0.5, 0.6) is 0 Å². The Hall–Kier alpha value is -1.68. The van der Waals surface area contributed by atoms with Gasteiger partial charge in [0.1, 0.15) is 5.82 Å². The maximum absolute atomic E-state index is 12.9. The average Bonchev–Trinajstić information content (AvgIpc) is 3.01. The Labute approximate surface area is 115 Å². The van der Waals surface area contributed by atoms with Gasteiger partial charge in [-0.05, 0) is 42.0 Å². The molecule has 1 heterocycles. The molecule has 1 aromatic heterocycles. The standard InChI is InChI=1S/C15H14FNOS/c16-13-3-1-12(2-4-13)15(6-7-15)10-17-14(18)11-5-8-19-9-11/h1-5,8-9H,6-7,10H2,(H,17,18). The molecule has 3 rings (SSSR count). The Morgan fingerprint density at radius 1 is 1.26 bits per heavy atom. The fraction of sp³-hybridized carbons (Fsp3) is 0.267. The van der Waals surface area contributed by atoms with Crippen LogP contribution in [0.1, 0.15) is 28.8 Å². The number of carbonyl (C=O) groups excluding carboxylic acids is 1. The first-order chi connectivity index (χ1) is 9.20. The first kappa shape index (κ1) is 12.4. The minimum atomic E-state index is -0.221. The number of hydrogen-bond acceptors (Lipinski definition) is 2. The zero-order valence-electron chi connectivity index (χ0n) is 10.4. The van der Waals surface area contributed by atoms with Gasteiger partial charge in [0.25, 0.3) is 5.91 Å². The normalized spacial score (nSPS) is 16.1. The molecule has 1 fully saturated rings. The van der Waals surface area contributed by atoms with Crippen molar-refractivity contribution in [3.63, 3.8) is 0 Å². The van der Waals surface area contributed by atoms with Crippen molar-refractivity contribution in [1.29, 1.82) is 0 Å². The van der Waals surface area contributed by atoms with Gasteiger partial charge < -0.3 is 5.32 Å². The van der Waals surface area contributed by atoms with Crippen molar-refractivity contribution in [1.82, 2.24) is 5.32 Å². The van der Waals surface area contributed by atoms with Crippen molar-refractivity contribution in [3.8, 4) is 0 Å². The van der Waals surface area contributed by atoms with Crippen LogP contribution in [-0.2, 0) is 5.41 Å². The van der Waals surface area contributed by atoms with E-state index in [1.807, 2.05) is 29.0 Å². The van der Waals surface area contributed by atoms with E-state index in [-0.39, 0.29) is 17.1 Å². The van der Waals surface area contributed by atoms with Crippen molar-refractivity contribution < 1.29 is 9.18 Å². The molecule has 1 aliphatic carbocycles. The number of carbonyl (C=O) groups is 1. The van der Waals surface area contributed by atoms with Gasteiger partial charge in [0, 0.05) is 22.9 Å². The highest BCUT2D eigenvalue weighted by molar-refractivity contribution is 7.08. The third-order valence-corrected chi connectivity index (χ3v) is 4.36. The van der Waals surface area contributed by atoms with Gasteiger partial charge in [-0.3, -0.25) is 4.79 Å². The number of amides is 1. The first-order valence-electron chi connectivity index (χ1n) is 6.26. The number of thiophene rings is 1. The first-order valence-corrected chi connectivity index (χ1v) is 7.20. The van der Waals surface area contributed by atoms with Crippen molar-refractivity contribution >= 4 is 17.2 Å². The Morgan fingerprint density at radius 3 is 2.58 bits per heavy atom. The molecule has 98 valence electrons. The predicted octanol–water partition coefficient (Wildman–Crippen LogP) is 3.35. The zero-order chi connectivity index (χ0) is 13.3. The summed E-state index contributed by atoms with van der Waals surface area (Å²) in [6.45, 7) is 0.618. The van der Waals surface area contributed by atoms with E-state index in [1.165, 1.54) is 23.5 Å². The fourth-order valence-corrected chi connectivity index (χ4v) is 2.90. The summed E-state index contributed by atoms with van der Waals surface area (Å²) in [5.41, 5.74) is 1.83. The van der Waals surface area contributed by atoms with Crippen LogP contribution >= 0.6 is 11.3 Å². The van der Waals surface area contributed by atoms with Gasteiger partial charge in [0.2, 0.25) is 0 Å². The smallest absolute Gasteiger partial charge is 0.252 e. The monoisotopic (exact) mass is 275 g/mol. The summed E-state index contributed by atoms with van der Waals surface area (Å²) in [7, 11) is 0.